The predicted octanol–water partition coefficient (Wildman–Crippen LogP) is 2.23. The van der Waals surface area contributed by atoms with Crippen LogP contribution in [0.25, 0.3) is 11.5 Å². The van der Waals surface area contributed by atoms with Crippen LogP contribution in [0.5, 0.6) is 0 Å². The zero-order valence-electron chi connectivity index (χ0n) is 17.3. The number of unbranched alkanes of at least 4 members (excludes halogenated alkanes) is 1. The molecule has 0 aliphatic rings. The second kappa shape index (κ2) is 9.93. The molecule has 0 atom stereocenters. The third-order valence-corrected chi connectivity index (χ3v) is 4.76. The van der Waals surface area contributed by atoms with E-state index in [1.165, 1.54) is 4.57 Å². The average Bonchev–Trinajstić information content (AvgIpc) is 3.20. The molecule has 0 spiro atoms. The number of methoxy groups -OCH3 is 1. The van der Waals surface area contributed by atoms with Crippen LogP contribution in [-0.4, -0.2) is 34.8 Å². The number of aromatic nitrogens is 3. The van der Waals surface area contributed by atoms with Crippen molar-refractivity contribution in [1.29, 1.82) is 0 Å². The largest absolute Gasteiger partial charge is 0.444 e. The van der Waals surface area contributed by atoms with E-state index in [1.54, 1.807) is 18.3 Å². The average molecular weight is 413 g/mol. The SMILES string of the molecule is CCCCn1c(N)c(N(CCOC)Cc2coc(-c3ccccc3)n2)c(=O)[nH]c1=O. The van der Waals surface area contributed by atoms with Gasteiger partial charge in [0, 0.05) is 25.8 Å². The number of ether oxygens (including phenoxy) is 1. The van der Waals surface area contributed by atoms with Gasteiger partial charge < -0.3 is 19.8 Å². The molecule has 0 fully saturated rings. The molecule has 3 rings (SSSR count). The first-order valence-corrected chi connectivity index (χ1v) is 9.91. The Morgan fingerprint density at radius 3 is 2.73 bits per heavy atom. The van der Waals surface area contributed by atoms with Crippen molar-refractivity contribution >= 4 is 11.5 Å². The molecular weight excluding hydrogens is 386 g/mol. The molecule has 160 valence electrons. The number of anilines is 2. The molecule has 9 heteroatoms. The van der Waals surface area contributed by atoms with Crippen LogP contribution in [0.1, 0.15) is 25.5 Å². The smallest absolute Gasteiger partial charge is 0.330 e. The number of nitrogens with one attached hydrogen (secondary N) is 1. The van der Waals surface area contributed by atoms with Crippen molar-refractivity contribution in [3.8, 4) is 11.5 Å². The van der Waals surface area contributed by atoms with Crippen LogP contribution < -0.4 is 21.9 Å². The van der Waals surface area contributed by atoms with Crippen LogP contribution in [0.2, 0.25) is 0 Å². The van der Waals surface area contributed by atoms with Gasteiger partial charge in [0.15, 0.2) is 0 Å². The van der Waals surface area contributed by atoms with Crippen LogP contribution in [0, 0.1) is 0 Å². The van der Waals surface area contributed by atoms with Gasteiger partial charge >= 0.3 is 5.69 Å². The van der Waals surface area contributed by atoms with Crippen LogP contribution in [-0.2, 0) is 17.8 Å². The van der Waals surface area contributed by atoms with Crippen LogP contribution in [0.4, 0.5) is 11.5 Å². The van der Waals surface area contributed by atoms with Gasteiger partial charge in [-0.05, 0) is 18.6 Å². The van der Waals surface area contributed by atoms with Gasteiger partial charge in [0.1, 0.15) is 17.8 Å². The van der Waals surface area contributed by atoms with Crippen molar-refractivity contribution in [2.75, 3.05) is 30.9 Å². The van der Waals surface area contributed by atoms with E-state index >= 15 is 0 Å². The topological polar surface area (TPSA) is 119 Å². The van der Waals surface area contributed by atoms with Gasteiger partial charge in [-0.2, -0.15) is 0 Å². The van der Waals surface area contributed by atoms with E-state index in [-0.39, 0.29) is 18.1 Å². The number of hydrogen-bond acceptors (Lipinski definition) is 7. The highest BCUT2D eigenvalue weighted by Crippen LogP contribution is 2.22. The number of nitrogen functional groups attached to an aromatic ring is 1. The Kier molecular flexibility index (Phi) is 7.08. The lowest BCUT2D eigenvalue weighted by molar-refractivity contribution is 0.205. The van der Waals surface area contributed by atoms with Crippen molar-refractivity contribution in [2.24, 2.45) is 0 Å². The Bertz CT molecular complexity index is 1070. The second-order valence-electron chi connectivity index (χ2n) is 6.92. The normalized spacial score (nSPS) is 11.0. The number of aromatic amines is 1. The molecule has 0 unspecified atom stereocenters. The molecule has 30 heavy (non-hydrogen) atoms. The lowest BCUT2D eigenvalue weighted by Gasteiger charge is -2.25. The van der Waals surface area contributed by atoms with Crippen molar-refractivity contribution < 1.29 is 9.15 Å². The summed E-state index contributed by atoms with van der Waals surface area (Å²) in [6, 6.07) is 9.55. The van der Waals surface area contributed by atoms with Crippen LogP contribution >= 0.6 is 0 Å². The minimum absolute atomic E-state index is 0.139. The second-order valence-corrected chi connectivity index (χ2v) is 6.92. The molecule has 0 amide bonds. The minimum Gasteiger partial charge on any atom is -0.444 e. The molecule has 0 aliphatic heterocycles. The number of nitrogens with zero attached hydrogens (tertiary/aromatic N) is 3. The van der Waals surface area contributed by atoms with E-state index in [0.717, 1.165) is 18.4 Å². The summed E-state index contributed by atoms with van der Waals surface area (Å²) in [6.07, 6.45) is 3.23. The third kappa shape index (κ3) is 4.80. The van der Waals surface area contributed by atoms with Gasteiger partial charge in [-0.25, -0.2) is 9.78 Å². The number of rotatable bonds is 10. The van der Waals surface area contributed by atoms with Gasteiger partial charge in [0.2, 0.25) is 5.89 Å². The molecule has 0 radical (unpaired) electrons. The Labute approximate surface area is 174 Å². The zero-order chi connectivity index (χ0) is 21.5. The van der Waals surface area contributed by atoms with E-state index in [2.05, 4.69) is 9.97 Å². The van der Waals surface area contributed by atoms with Crippen molar-refractivity contribution in [1.82, 2.24) is 14.5 Å². The molecule has 1 aromatic carbocycles. The maximum Gasteiger partial charge on any atom is 0.330 e. The minimum atomic E-state index is -0.534. The number of benzene rings is 1. The highest BCUT2D eigenvalue weighted by molar-refractivity contribution is 5.62. The maximum absolute atomic E-state index is 12.6. The van der Waals surface area contributed by atoms with E-state index in [1.807, 2.05) is 37.3 Å². The predicted molar refractivity (Wildman–Crippen MR) is 116 cm³/mol. The molecule has 0 saturated carbocycles. The van der Waals surface area contributed by atoms with Gasteiger partial charge in [0.05, 0.1) is 18.8 Å². The monoisotopic (exact) mass is 413 g/mol. The summed E-state index contributed by atoms with van der Waals surface area (Å²) in [4.78, 5) is 33.5. The number of nitrogens with two attached hydrogens (primary N) is 1. The number of H-pyrrole nitrogens is 1. The van der Waals surface area contributed by atoms with Crippen LogP contribution in [0.3, 0.4) is 0 Å². The van der Waals surface area contributed by atoms with Crippen LogP contribution in [0.15, 0.2) is 50.6 Å². The van der Waals surface area contributed by atoms with Gasteiger partial charge in [0.25, 0.3) is 5.56 Å². The van der Waals surface area contributed by atoms with E-state index in [0.29, 0.717) is 31.3 Å². The number of hydrogen-bond donors (Lipinski definition) is 2. The van der Waals surface area contributed by atoms with E-state index < -0.39 is 11.2 Å². The summed E-state index contributed by atoms with van der Waals surface area (Å²) in [5, 5.41) is 0. The Balaban J connectivity index is 1.94. The number of oxazole rings is 1. The highest BCUT2D eigenvalue weighted by atomic mass is 16.5. The van der Waals surface area contributed by atoms with Crippen molar-refractivity contribution in [3.05, 3.63) is 63.1 Å². The molecule has 0 bridgehead atoms. The summed E-state index contributed by atoms with van der Waals surface area (Å²) in [6.45, 7) is 3.50. The quantitative estimate of drug-likeness (QED) is 0.523. The molecule has 0 saturated heterocycles. The van der Waals surface area contributed by atoms with Crippen molar-refractivity contribution in [3.63, 3.8) is 0 Å². The Hall–Kier alpha value is -3.33. The zero-order valence-corrected chi connectivity index (χ0v) is 17.3. The first kappa shape index (κ1) is 21.4. The molecule has 3 N–H and O–H groups in total. The van der Waals surface area contributed by atoms with E-state index in [9.17, 15) is 9.59 Å². The highest BCUT2D eigenvalue weighted by Gasteiger charge is 2.20. The molecule has 9 nitrogen and oxygen atoms in total. The van der Waals surface area contributed by atoms with Crippen molar-refractivity contribution in [2.45, 2.75) is 32.9 Å². The molecule has 0 aliphatic carbocycles. The Morgan fingerprint density at radius 1 is 1.27 bits per heavy atom. The fourth-order valence-corrected chi connectivity index (χ4v) is 3.18. The van der Waals surface area contributed by atoms with E-state index in [4.69, 9.17) is 14.9 Å². The van der Waals surface area contributed by atoms with Gasteiger partial charge in [-0.15, -0.1) is 0 Å². The summed E-state index contributed by atoms with van der Waals surface area (Å²) in [5.41, 5.74) is 6.95. The third-order valence-electron chi connectivity index (χ3n) is 4.76. The van der Waals surface area contributed by atoms with Gasteiger partial charge in [-0.1, -0.05) is 31.5 Å². The lowest BCUT2D eigenvalue weighted by Crippen LogP contribution is -2.39. The standard InChI is InChI=1S/C21H27N5O4/c1-3-4-10-26-18(22)17(19(27)24-21(26)28)25(11-12-29-2)13-16-14-30-20(23-16)15-8-6-5-7-9-15/h5-9,14H,3-4,10-13,22H2,1-2H3,(H,24,27,28). The summed E-state index contributed by atoms with van der Waals surface area (Å²) in [7, 11) is 1.58. The van der Waals surface area contributed by atoms with Gasteiger partial charge in [-0.3, -0.25) is 14.3 Å². The fraction of sp³-hybridized carbons (Fsp3) is 0.381. The summed E-state index contributed by atoms with van der Waals surface area (Å²) in [5.74, 6) is 0.632. The fourth-order valence-electron chi connectivity index (χ4n) is 3.18. The molecule has 2 aromatic heterocycles. The summed E-state index contributed by atoms with van der Waals surface area (Å²) >= 11 is 0. The molecular formula is C21H27N5O4. The first-order chi connectivity index (χ1) is 14.5. The first-order valence-electron chi connectivity index (χ1n) is 9.91. The summed E-state index contributed by atoms with van der Waals surface area (Å²) < 4.78 is 12.2. The Morgan fingerprint density at radius 2 is 2.03 bits per heavy atom. The molecule has 2 heterocycles. The molecule has 3 aromatic rings. The lowest BCUT2D eigenvalue weighted by atomic mass is 10.2. The maximum atomic E-state index is 12.6.